The van der Waals surface area contributed by atoms with Gasteiger partial charge in [-0.15, -0.1) is 0 Å². The maximum Gasteiger partial charge on any atom is 0.246 e. The summed E-state index contributed by atoms with van der Waals surface area (Å²) in [5.74, 6) is -17.5. The Morgan fingerprint density at radius 2 is 1.06 bits per heavy atom. The van der Waals surface area contributed by atoms with Gasteiger partial charge in [0, 0.05) is 107 Å². The van der Waals surface area contributed by atoms with E-state index in [-0.39, 0.29) is 89.0 Å². The SMILES string of the molecule is CCCC[C@H]1C(=O)N(C)[C@@H](CCCC)C(=O)N[C@@H](CCCNC(=N)N)C(=O)N[C@H](C(=O)NCC(N)=O)C/C=C/C(=O)N[C@@H](Cc2ccc(O)cc2)C(=O)N(C)[C@@H](C)C(=O)N[C@@H](CC(N)=O)C(=O)N2CCCC2C(=O)N[C@@H](CN)C(=O)N[C@@H](CC(C)C)C(=O)N2C[C@H](O)C[C@H]2C(=O)N[C@@H](Cc2c[nH]c3ccccc23)C(=O)N[C@@H](CO)C(=O)N[C@@H](Cc2c[nH]c3ccccc23)C(=O)N1C. The molecule has 0 radical (unpaired) electrons. The van der Waals surface area contributed by atoms with E-state index in [1.165, 1.54) is 52.3 Å². The van der Waals surface area contributed by atoms with E-state index >= 15 is 33.6 Å². The molecule has 718 valence electrons. The monoisotopic (exact) mass is 1840 g/mol. The number of phenols is 1. The summed E-state index contributed by atoms with van der Waals surface area (Å²) in [6.07, 6.45) is 2.68. The second-order valence-electron chi connectivity index (χ2n) is 34.0. The zero-order valence-electron chi connectivity index (χ0n) is 75.6. The smallest absolute Gasteiger partial charge is 0.246 e. The van der Waals surface area contributed by atoms with Crippen molar-refractivity contribution in [2.75, 3.05) is 60.5 Å². The molecule has 2 fully saturated rings. The molecule has 15 atom stereocenters. The molecule has 17 amide bonds. The van der Waals surface area contributed by atoms with Crippen LogP contribution < -0.4 is 81.4 Å². The van der Waals surface area contributed by atoms with Gasteiger partial charge in [0.15, 0.2) is 5.96 Å². The minimum absolute atomic E-state index is 0.0152. The van der Waals surface area contributed by atoms with Crippen LogP contribution in [0.15, 0.2) is 97.3 Å². The molecule has 2 saturated heterocycles. The number of likely N-dealkylation sites (N-methyl/N-ethyl adjacent to an activating group) is 3. The highest BCUT2D eigenvalue weighted by molar-refractivity contribution is 6.03. The second kappa shape index (κ2) is 49.4. The van der Waals surface area contributed by atoms with Crippen LogP contribution in [0.25, 0.3) is 21.8 Å². The van der Waals surface area contributed by atoms with Gasteiger partial charge in [0.2, 0.25) is 100 Å². The number of carbonyl (C=O) groups is 17. The third-order valence-corrected chi connectivity index (χ3v) is 23.7. The van der Waals surface area contributed by atoms with Crippen LogP contribution in [-0.4, -0.2) is 307 Å². The molecular formula is C89H127N23O20. The number of guanidine groups is 1. The first kappa shape index (κ1) is 104. The van der Waals surface area contributed by atoms with Crippen molar-refractivity contribution in [1.29, 1.82) is 5.41 Å². The number of aromatic hydroxyl groups is 1. The van der Waals surface area contributed by atoms with Crippen molar-refractivity contribution in [3.8, 4) is 5.75 Å². The number of nitrogens with one attached hydrogen (secondary N) is 14. The number of nitrogens with zero attached hydrogens (tertiary/aromatic N) is 5. The van der Waals surface area contributed by atoms with Gasteiger partial charge < -0.3 is 131 Å². The summed E-state index contributed by atoms with van der Waals surface area (Å²) in [5, 5.41) is 70.4. The van der Waals surface area contributed by atoms with Crippen LogP contribution in [0.4, 0.5) is 0 Å². The maximum atomic E-state index is 15.7. The molecule has 3 aliphatic rings. The number of fused-ring (bicyclic) bond motifs is 4. The van der Waals surface area contributed by atoms with E-state index in [2.05, 4.69) is 68.5 Å². The molecule has 3 aliphatic heterocycles. The topological polar surface area (TPSA) is 659 Å². The van der Waals surface area contributed by atoms with Crippen LogP contribution in [-0.2, 0) is 101 Å². The van der Waals surface area contributed by atoms with Crippen LogP contribution in [0.5, 0.6) is 5.75 Å². The first-order valence-corrected chi connectivity index (χ1v) is 44.4. The number of primary amides is 2. The highest BCUT2D eigenvalue weighted by Gasteiger charge is 2.47. The number of aromatic nitrogens is 2. The van der Waals surface area contributed by atoms with Gasteiger partial charge in [0.1, 0.15) is 90.3 Å². The number of nitrogens with two attached hydrogens (primary N) is 4. The van der Waals surface area contributed by atoms with E-state index in [9.17, 15) is 63.3 Å². The first-order chi connectivity index (χ1) is 62.8. The first-order valence-electron chi connectivity index (χ1n) is 44.4. The summed E-state index contributed by atoms with van der Waals surface area (Å²) in [6.45, 7) is 5.33. The minimum atomic E-state index is -1.89. The normalized spacial score (nSPS) is 25.2. The minimum Gasteiger partial charge on any atom is -0.508 e. The lowest BCUT2D eigenvalue weighted by Gasteiger charge is -2.36. The van der Waals surface area contributed by atoms with Gasteiger partial charge in [0.25, 0.3) is 0 Å². The van der Waals surface area contributed by atoms with Crippen LogP contribution in [0, 0.1) is 11.3 Å². The lowest BCUT2D eigenvalue weighted by atomic mass is 10.00. The molecule has 43 heteroatoms. The van der Waals surface area contributed by atoms with Crippen molar-refractivity contribution in [3.63, 3.8) is 0 Å². The number of rotatable bonds is 25. The number of hydrogen-bond acceptors (Lipinski definition) is 22. The zero-order chi connectivity index (χ0) is 96.9. The van der Waals surface area contributed by atoms with Gasteiger partial charge in [-0.05, 0) is 111 Å². The van der Waals surface area contributed by atoms with Crippen LogP contribution in [0.1, 0.15) is 141 Å². The molecule has 132 heavy (non-hydrogen) atoms. The van der Waals surface area contributed by atoms with Crippen LogP contribution >= 0.6 is 0 Å². The number of aliphatic hydroxyl groups is 2. The van der Waals surface area contributed by atoms with Crippen molar-refractivity contribution in [1.82, 2.24) is 93.0 Å². The molecule has 1 unspecified atom stereocenters. The summed E-state index contributed by atoms with van der Waals surface area (Å²) < 4.78 is 0. The molecule has 0 bridgehead atoms. The van der Waals surface area contributed by atoms with Crippen molar-refractivity contribution in [2.24, 2.45) is 28.9 Å². The molecule has 5 aromatic rings. The van der Waals surface area contributed by atoms with Crippen LogP contribution in [0.2, 0.25) is 0 Å². The van der Waals surface area contributed by atoms with E-state index < -0.39 is 243 Å². The van der Waals surface area contributed by atoms with Gasteiger partial charge in [-0.1, -0.05) is 108 Å². The molecule has 3 aromatic carbocycles. The number of para-hydroxylation sites is 2. The van der Waals surface area contributed by atoms with Gasteiger partial charge in [-0.25, -0.2) is 0 Å². The standard InChI is InChI=1S/C89H127N23O20/c1-9-11-26-68-81(125)101-60(25-18-34-95-89(93)94)77(121)100-59(76(120)98-45-73(92)117)24-17-29-74(118)99-63(37-50-30-32-53(114)33-31-50)84(128)108(6)49(5)75(119)103-65(41-72(91)116)86(130)111-35-19-28-69(111)82(126)106-66(42-90)79(123)104-62(36-48(3)4)87(131)112-46-54(115)40-71(112)83(127)102-61(38-51-43-96-57-22-15-13-20-55(51)57)78(122)107-67(47-113)80(124)105-64(39-52-44-97-58-23-16-14-21-56(52)58)85(129)110(8)70(27-12-10-2)88(132)109(68)7/h13-17,20-23,29-33,43-44,48-49,54,59-71,96-97,113-115H,9-12,18-19,24-28,34-42,45-47,90H2,1-8H3,(H2,91,116)(H2,92,117)(H,98,120)(H,99,118)(H,100,121)(H,101,125)(H,102,127)(H,103,119)(H,104,123)(H,105,124)(H,106,126)(H,107,122)(H4,93,94,95)/b29-17+/t49-,54+,59-,60-,61-,62-,63-,64-,65-,66-,67-,68-,69?,70-,71-/m0/s1. The third-order valence-electron chi connectivity index (χ3n) is 23.7. The van der Waals surface area contributed by atoms with E-state index in [0.717, 1.165) is 36.7 Å². The molecular weight excluding hydrogens is 1710 g/mol. The number of carbonyl (C=O) groups excluding carboxylic acids is 17. The molecule has 25 N–H and O–H groups in total. The van der Waals surface area contributed by atoms with Gasteiger partial charge in [0.05, 0.1) is 25.7 Å². The number of phenolic OH excluding ortho intramolecular Hbond substituents is 1. The Balaban J connectivity index is 1.20. The molecule has 43 nitrogen and oxygen atoms in total. The van der Waals surface area contributed by atoms with E-state index in [1.54, 1.807) is 74.8 Å². The fourth-order valence-corrected chi connectivity index (χ4v) is 16.3. The van der Waals surface area contributed by atoms with Crippen molar-refractivity contribution >= 4 is 128 Å². The van der Waals surface area contributed by atoms with Gasteiger partial charge in [-0.3, -0.25) is 86.9 Å². The predicted molar refractivity (Wildman–Crippen MR) is 483 cm³/mol. The van der Waals surface area contributed by atoms with Gasteiger partial charge in [-0.2, -0.15) is 0 Å². The molecule has 0 spiro atoms. The maximum absolute atomic E-state index is 15.7. The zero-order valence-corrected chi connectivity index (χ0v) is 75.6. The highest BCUT2D eigenvalue weighted by atomic mass is 16.3. The van der Waals surface area contributed by atoms with E-state index in [0.29, 0.717) is 64.2 Å². The number of benzene rings is 3. The highest BCUT2D eigenvalue weighted by Crippen LogP contribution is 2.28. The summed E-state index contributed by atoms with van der Waals surface area (Å²) in [5.41, 5.74) is 25.5. The summed E-state index contributed by atoms with van der Waals surface area (Å²) in [6, 6.07) is -2.51. The predicted octanol–water partition coefficient (Wildman–Crippen LogP) is -3.72. The van der Waals surface area contributed by atoms with Crippen molar-refractivity contribution < 1.29 is 96.8 Å². The number of hydrogen-bond donors (Lipinski definition) is 21. The largest absolute Gasteiger partial charge is 0.508 e. The summed E-state index contributed by atoms with van der Waals surface area (Å²) in [7, 11) is 3.87. The quantitative estimate of drug-likeness (QED) is 0.0152. The third kappa shape index (κ3) is 28.7. The fourth-order valence-electron chi connectivity index (χ4n) is 16.3. The van der Waals surface area contributed by atoms with Crippen LogP contribution in [0.3, 0.4) is 0 Å². The Labute approximate surface area is 763 Å². The molecule has 0 saturated carbocycles. The van der Waals surface area contributed by atoms with E-state index in [4.69, 9.17) is 28.3 Å². The number of aliphatic hydroxyl groups excluding tert-OH is 2. The lowest BCUT2D eigenvalue weighted by Crippen LogP contribution is -2.62. The number of unbranched alkanes of at least 4 members (excludes halogenated alkanes) is 2. The summed E-state index contributed by atoms with van der Waals surface area (Å²) in [4.78, 5) is 260. The average Bonchev–Trinajstić information content (AvgIpc) is 1.60. The Kier molecular flexibility index (Phi) is 38.9. The van der Waals surface area contributed by atoms with Gasteiger partial charge >= 0.3 is 0 Å². The number of amides is 17. The number of aromatic amines is 2. The Hall–Kier alpha value is -13.6. The Morgan fingerprint density at radius 3 is 1.66 bits per heavy atom. The van der Waals surface area contributed by atoms with Crippen molar-refractivity contribution in [3.05, 3.63) is 114 Å². The Morgan fingerprint density at radius 1 is 0.538 bits per heavy atom. The average molecular weight is 1840 g/mol. The summed E-state index contributed by atoms with van der Waals surface area (Å²) >= 11 is 0. The Bertz CT molecular complexity index is 5000. The second-order valence-corrected chi connectivity index (χ2v) is 34.0. The molecule has 0 aliphatic carbocycles. The van der Waals surface area contributed by atoms with Crippen molar-refractivity contribution in [2.45, 2.75) is 234 Å². The molecule has 5 heterocycles. The molecule has 8 rings (SSSR count). The van der Waals surface area contributed by atoms with E-state index in [1.807, 2.05) is 13.8 Å². The fraction of sp³-hybridized carbons (Fsp3) is 0.528. The lowest BCUT2D eigenvalue weighted by molar-refractivity contribution is -0.149. The number of H-pyrrole nitrogens is 2. The molecule has 2 aromatic heterocycles.